The lowest BCUT2D eigenvalue weighted by Gasteiger charge is -2.24. The SMILES string of the molecule is CC(C)(C)OC(=O)N1CCC(c2cccc(C(F)(F)F)c2F)C1. The third-order valence-corrected chi connectivity index (χ3v) is 3.61. The van der Waals surface area contributed by atoms with Gasteiger partial charge in [-0.25, -0.2) is 9.18 Å². The van der Waals surface area contributed by atoms with Crippen LogP contribution in [0.4, 0.5) is 22.4 Å². The van der Waals surface area contributed by atoms with Crippen molar-refractivity contribution < 1.29 is 27.1 Å². The Morgan fingerprint density at radius 1 is 1.26 bits per heavy atom. The summed E-state index contributed by atoms with van der Waals surface area (Å²) in [6.07, 6.45) is -4.87. The average molecular weight is 333 g/mol. The second-order valence-electron chi connectivity index (χ2n) is 6.62. The van der Waals surface area contributed by atoms with Gasteiger partial charge in [0.15, 0.2) is 0 Å². The van der Waals surface area contributed by atoms with E-state index in [2.05, 4.69) is 0 Å². The summed E-state index contributed by atoms with van der Waals surface area (Å²) in [7, 11) is 0. The second-order valence-corrected chi connectivity index (χ2v) is 6.62. The molecular formula is C16H19F4NO2. The largest absolute Gasteiger partial charge is 0.444 e. The van der Waals surface area contributed by atoms with E-state index in [0.717, 1.165) is 6.07 Å². The van der Waals surface area contributed by atoms with Gasteiger partial charge < -0.3 is 9.64 Å². The fourth-order valence-corrected chi connectivity index (χ4v) is 2.59. The lowest BCUT2D eigenvalue weighted by atomic mass is 9.95. The Hall–Kier alpha value is -1.79. The molecule has 0 saturated carbocycles. The van der Waals surface area contributed by atoms with Crippen molar-refractivity contribution >= 4 is 6.09 Å². The molecule has 0 aliphatic carbocycles. The molecule has 0 aromatic heterocycles. The van der Waals surface area contributed by atoms with E-state index in [-0.39, 0.29) is 12.1 Å². The van der Waals surface area contributed by atoms with Crippen LogP contribution in [0.1, 0.15) is 44.2 Å². The van der Waals surface area contributed by atoms with Gasteiger partial charge in [-0.15, -0.1) is 0 Å². The third-order valence-electron chi connectivity index (χ3n) is 3.61. The smallest absolute Gasteiger partial charge is 0.419 e. The van der Waals surface area contributed by atoms with Crippen LogP contribution in [0.5, 0.6) is 0 Å². The van der Waals surface area contributed by atoms with E-state index in [1.54, 1.807) is 20.8 Å². The van der Waals surface area contributed by atoms with E-state index in [1.807, 2.05) is 0 Å². The second kappa shape index (κ2) is 6.02. The zero-order chi connectivity index (χ0) is 17.4. The zero-order valence-electron chi connectivity index (χ0n) is 13.2. The number of halogens is 4. The van der Waals surface area contributed by atoms with Gasteiger partial charge in [0, 0.05) is 19.0 Å². The topological polar surface area (TPSA) is 29.5 Å². The first-order valence-electron chi connectivity index (χ1n) is 7.32. The van der Waals surface area contributed by atoms with Gasteiger partial charge >= 0.3 is 12.3 Å². The fraction of sp³-hybridized carbons (Fsp3) is 0.562. The van der Waals surface area contributed by atoms with Crippen LogP contribution in [0, 0.1) is 5.82 Å². The van der Waals surface area contributed by atoms with Gasteiger partial charge in [0.25, 0.3) is 0 Å². The molecule has 1 aromatic carbocycles. The first-order valence-corrected chi connectivity index (χ1v) is 7.32. The number of hydrogen-bond acceptors (Lipinski definition) is 2. The Morgan fingerprint density at radius 3 is 2.48 bits per heavy atom. The van der Waals surface area contributed by atoms with Crippen LogP contribution in [-0.4, -0.2) is 29.7 Å². The molecule has 0 N–H and O–H groups in total. The summed E-state index contributed by atoms with van der Waals surface area (Å²) >= 11 is 0. The minimum absolute atomic E-state index is 0.00844. The molecule has 7 heteroatoms. The number of carbonyl (C=O) groups is 1. The minimum Gasteiger partial charge on any atom is -0.444 e. The number of ether oxygens (including phenoxy) is 1. The standard InChI is InChI=1S/C16H19F4NO2/c1-15(2,3)23-14(22)21-8-7-10(9-21)11-5-4-6-12(13(11)17)16(18,19)20/h4-6,10H,7-9H2,1-3H3. The van der Waals surface area contributed by atoms with Crippen molar-refractivity contribution in [3.8, 4) is 0 Å². The van der Waals surface area contributed by atoms with Crippen LogP contribution in [0.25, 0.3) is 0 Å². The normalized spacial score (nSPS) is 19.1. The molecular weight excluding hydrogens is 314 g/mol. The maximum absolute atomic E-state index is 14.2. The van der Waals surface area contributed by atoms with Gasteiger partial charge in [-0.3, -0.25) is 0 Å². The predicted octanol–water partition coefficient (Wildman–Crippen LogP) is 4.57. The van der Waals surface area contributed by atoms with Gasteiger partial charge in [-0.2, -0.15) is 13.2 Å². The van der Waals surface area contributed by atoms with Gasteiger partial charge in [-0.05, 0) is 38.8 Å². The average Bonchev–Trinajstić information content (AvgIpc) is 2.85. The Kier molecular flexibility index (Phi) is 4.59. The van der Waals surface area contributed by atoms with E-state index < -0.39 is 35.2 Å². The number of rotatable bonds is 1. The summed E-state index contributed by atoms with van der Waals surface area (Å²) in [5, 5.41) is 0. The molecule has 0 bridgehead atoms. The molecule has 1 amide bonds. The van der Waals surface area contributed by atoms with Crippen LogP contribution >= 0.6 is 0 Å². The molecule has 1 atom stereocenters. The molecule has 1 aliphatic rings. The Bertz CT molecular complexity index is 593. The number of nitrogens with zero attached hydrogens (tertiary/aromatic N) is 1. The molecule has 1 fully saturated rings. The number of likely N-dealkylation sites (tertiary alicyclic amines) is 1. The molecule has 0 spiro atoms. The molecule has 1 saturated heterocycles. The van der Waals surface area contributed by atoms with Crippen molar-refractivity contribution in [3.05, 3.63) is 35.1 Å². The van der Waals surface area contributed by atoms with E-state index in [9.17, 15) is 22.4 Å². The summed E-state index contributed by atoms with van der Waals surface area (Å²) in [4.78, 5) is 13.4. The first kappa shape index (κ1) is 17.6. The molecule has 23 heavy (non-hydrogen) atoms. The first-order chi connectivity index (χ1) is 10.5. The Balaban J connectivity index is 2.15. The van der Waals surface area contributed by atoms with Crippen molar-refractivity contribution in [1.29, 1.82) is 0 Å². The van der Waals surface area contributed by atoms with Crippen molar-refractivity contribution in [1.82, 2.24) is 4.90 Å². The number of carbonyl (C=O) groups excluding carboxylic acids is 1. The lowest BCUT2D eigenvalue weighted by Crippen LogP contribution is -2.35. The lowest BCUT2D eigenvalue weighted by molar-refractivity contribution is -0.140. The number of benzene rings is 1. The zero-order valence-corrected chi connectivity index (χ0v) is 13.2. The van der Waals surface area contributed by atoms with E-state index in [0.29, 0.717) is 13.0 Å². The summed E-state index contributed by atoms with van der Waals surface area (Å²) in [6.45, 7) is 5.66. The maximum Gasteiger partial charge on any atom is 0.419 e. The predicted molar refractivity (Wildman–Crippen MR) is 76.6 cm³/mol. The van der Waals surface area contributed by atoms with E-state index in [1.165, 1.54) is 17.0 Å². The minimum atomic E-state index is -4.73. The van der Waals surface area contributed by atoms with Crippen LogP contribution < -0.4 is 0 Å². The Morgan fingerprint density at radius 2 is 1.91 bits per heavy atom. The molecule has 1 heterocycles. The van der Waals surface area contributed by atoms with Crippen molar-refractivity contribution in [2.75, 3.05) is 13.1 Å². The third kappa shape index (κ3) is 4.14. The van der Waals surface area contributed by atoms with E-state index >= 15 is 0 Å². The highest BCUT2D eigenvalue weighted by Crippen LogP contribution is 2.36. The number of hydrogen-bond donors (Lipinski definition) is 0. The van der Waals surface area contributed by atoms with Crippen LogP contribution in [-0.2, 0) is 10.9 Å². The highest BCUT2D eigenvalue weighted by molar-refractivity contribution is 5.68. The number of alkyl halides is 3. The molecule has 1 unspecified atom stereocenters. The molecule has 2 rings (SSSR count). The van der Waals surface area contributed by atoms with Crippen molar-refractivity contribution in [2.24, 2.45) is 0 Å². The van der Waals surface area contributed by atoms with Gasteiger partial charge in [-0.1, -0.05) is 12.1 Å². The molecule has 1 aromatic rings. The van der Waals surface area contributed by atoms with Crippen LogP contribution in [0.2, 0.25) is 0 Å². The highest BCUT2D eigenvalue weighted by Gasteiger charge is 2.37. The molecule has 3 nitrogen and oxygen atoms in total. The highest BCUT2D eigenvalue weighted by atomic mass is 19.4. The fourth-order valence-electron chi connectivity index (χ4n) is 2.59. The molecule has 0 radical (unpaired) electrons. The van der Waals surface area contributed by atoms with Crippen LogP contribution in [0.3, 0.4) is 0 Å². The maximum atomic E-state index is 14.2. The molecule has 1 aliphatic heterocycles. The summed E-state index contributed by atoms with van der Waals surface area (Å²) in [5.74, 6) is -1.72. The summed E-state index contributed by atoms with van der Waals surface area (Å²) < 4.78 is 57.7. The molecule has 128 valence electrons. The van der Waals surface area contributed by atoms with Gasteiger partial charge in [0.05, 0.1) is 5.56 Å². The van der Waals surface area contributed by atoms with E-state index in [4.69, 9.17) is 4.74 Å². The Labute approximate surface area is 132 Å². The van der Waals surface area contributed by atoms with Gasteiger partial charge in [0.2, 0.25) is 0 Å². The van der Waals surface area contributed by atoms with Gasteiger partial charge in [0.1, 0.15) is 11.4 Å². The number of amides is 1. The monoisotopic (exact) mass is 333 g/mol. The van der Waals surface area contributed by atoms with Crippen molar-refractivity contribution in [2.45, 2.75) is 44.9 Å². The quantitative estimate of drug-likeness (QED) is 0.705. The van der Waals surface area contributed by atoms with Crippen molar-refractivity contribution in [3.63, 3.8) is 0 Å². The summed E-state index contributed by atoms with van der Waals surface area (Å²) in [6, 6.07) is 3.25. The summed E-state index contributed by atoms with van der Waals surface area (Å²) in [5.41, 5.74) is -1.94. The van der Waals surface area contributed by atoms with Crippen LogP contribution in [0.15, 0.2) is 18.2 Å².